The molecular formula is C15H19N3O3. The molecule has 6 heteroatoms. The van der Waals surface area contributed by atoms with Crippen LogP contribution in [0.4, 0.5) is 11.7 Å². The smallest absolute Gasteiger partial charge is 0.298 e. The van der Waals surface area contributed by atoms with Gasteiger partial charge in [-0.05, 0) is 22.8 Å². The lowest BCUT2D eigenvalue weighted by molar-refractivity contribution is -0.383. The third-order valence-electron chi connectivity index (χ3n) is 5.37. The molecule has 1 fully saturated rings. The zero-order valence-corrected chi connectivity index (χ0v) is 12.6. The second-order valence-corrected chi connectivity index (χ2v) is 6.78. The summed E-state index contributed by atoms with van der Waals surface area (Å²) in [6.07, 6.45) is 0. The summed E-state index contributed by atoms with van der Waals surface area (Å²) in [7, 11) is 0. The Kier molecular flexibility index (Phi) is 2.77. The van der Waals surface area contributed by atoms with Crippen molar-refractivity contribution in [2.45, 2.75) is 27.7 Å². The van der Waals surface area contributed by atoms with E-state index in [4.69, 9.17) is 4.42 Å². The number of hydrogen-bond acceptors (Lipinski definition) is 5. The molecule has 1 heterocycles. The third-order valence-corrected chi connectivity index (χ3v) is 5.37. The second-order valence-electron chi connectivity index (χ2n) is 6.78. The van der Waals surface area contributed by atoms with Crippen molar-refractivity contribution in [2.75, 3.05) is 11.9 Å². The first-order chi connectivity index (χ1) is 9.75. The Morgan fingerprint density at radius 3 is 2.57 bits per heavy atom. The van der Waals surface area contributed by atoms with Crippen molar-refractivity contribution < 1.29 is 9.34 Å². The second kappa shape index (κ2) is 4.19. The summed E-state index contributed by atoms with van der Waals surface area (Å²) in [5.74, 6) is 0.523. The normalized spacial score (nSPS) is 19.6. The monoisotopic (exact) mass is 289 g/mol. The molecule has 1 aliphatic rings. The number of fused-ring (bicyclic) bond motifs is 1. The number of anilines is 1. The molecular weight excluding hydrogens is 270 g/mol. The molecule has 0 bridgehead atoms. The molecule has 1 N–H and O–H groups in total. The van der Waals surface area contributed by atoms with Gasteiger partial charge < -0.3 is 9.73 Å². The number of para-hydroxylation sites is 1. The van der Waals surface area contributed by atoms with Gasteiger partial charge >= 0.3 is 0 Å². The lowest BCUT2D eigenvalue weighted by Crippen LogP contribution is -2.08. The van der Waals surface area contributed by atoms with E-state index in [1.165, 1.54) is 6.07 Å². The fourth-order valence-corrected chi connectivity index (χ4v) is 3.19. The molecule has 0 aliphatic heterocycles. The van der Waals surface area contributed by atoms with Crippen LogP contribution in [0.15, 0.2) is 22.6 Å². The van der Waals surface area contributed by atoms with E-state index >= 15 is 0 Å². The number of aromatic nitrogens is 1. The first-order valence-corrected chi connectivity index (χ1v) is 7.03. The molecule has 2 aromatic rings. The van der Waals surface area contributed by atoms with Gasteiger partial charge in [-0.25, -0.2) is 0 Å². The lowest BCUT2D eigenvalue weighted by atomic mass is 10.0. The molecule has 6 nitrogen and oxygen atoms in total. The molecule has 0 atom stereocenters. The van der Waals surface area contributed by atoms with Crippen LogP contribution in [0.3, 0.4) is 0 Å². The van der Waals surface area contributed by atoms with Gasteiger partial charge in [-0.3, -0.25) is 10.1 Å². The van der Waals surface area contributed by atoms with Crippen molar-refractivity contribution in [2.24, 2.45) is 16.7 Å². The Labute approximate surface area is 122 Å². The average Bonchev–Trinajstić information content (AvgIpc) is 2.73. The number of hydrogen-bond donors (Lipinski definition) is 1. The number of nitro benzene ring substituents is 1. The minimum atomic E-state index is -0.443. The van der Waals surface area contributed by atoms with Crippen molar-refractivity contribution in [1.82, 2.24) is 4.98 Å². The maximum Gasteiger partial charge on any atom is 0.298 e. The Morgan fingerprint density at radius 2 is 2.00 bits per heavy atom. The summed E-state index contributed by atoms with van der Waals surface area (Å²) < 4.78 is 5.55. The molecule has 1 aromatic heterocycles. The summed E-state index contributed by atoms with van der Waals surface area (Å²) in [6, 6.07) is 5.06. The highest BCUT2D eigenvalue weighted by atomic mass is 16.6. The summed E-state index contributed by atoms with van der Waals surface area (Å²) in [4.78, 5) is 14.7. The van der Waals surface area contributed by atoms with E-state index in [9.17, 15) is 10.1 Å². The van der Waals surface area contributed by atoms with E-state index < -0.39 is 4.92 Å². The Bertz CT molecular complexity index is 704. The minimum absolute atomic E-state index is 0.0311. The fourth-order valence-electron chi connectivity index (χ4n) is 3.19. The van der Waals surface area contributed by atoms with E-state index in [1.807, 2.05) is 0 Å². The zero-order valence-electron chi connectivity index (χ0n) is 12.6. The Balaban J connectivity index is 1.80. The predicted molar refractivity (Wildman–Crippen MR) is 80.2 cm³/mol. The van der Waals surface area contributed by atoms with Gasteiger partial charge in [-0.15, -0.1) is 0 Å². The van der Waals surface area contributed by atoms with Gasteiger partial charge in [0, 0.05) is 12.6 Å². The van der Waals surface area contributed by atoms with Crippen LogP contribution in [0.1, 0.15) is 27.7 Å². The van der Waals surface area contributed by atoms with E-state index in [1.54, 1.807) is 12.1 Å². The molecule has 0 unspecified atom stereocenters. The topological polar surface area (TPSA) is 81.2 Å². The minimum Gasteiger partial charge on any atom is -0.423 e. The standard InChI is InChI=1S/C15H19N3O3/c1-14(2)11(15(14,3)4)8-16-13-17-12-9(18(19)20)6-5-7-10(12)21-13/h5-7,11H,8H2,1-4H3,(H,16,17). The predicted octanol–water partition coefficient (Wildman–Crippen LogP) is 3.83. The van der Waals surface area contributed by atoms with Gasteiger partial charge in [0.05, 0.1) is 4.92 Å². The maximum absolute atomic E-state index is 11.0. The van der Waals surface area contributed by atoms with Crippen LogP contribution in [0, 0.1) is 26.9 Å². The molecule has 3 rings (SSSR count). The fraction of sp³-hybridized carbons (Fsp3) is 0.533. The zero-order chi connectivity index (χ0) is 15.4. The number of rotatable bonds is 4. The van der Waals surface area contributed by atoms with Crippen LogP contribution in [-0.2, 0) is 0 Å². The van der Waals surface area contributed by atoms with Gasteiger partial charge in [0.25, 0.3) is 11.7 Å². The number of oxazole rings is 1. The van der Waals surface area contributed by atoms with Crippen LogP contribution >= 0.6 is 0 Å². The molecule has 21 heavy (non-hydrogen) atoms. The van der Waals surface area contributed by atoms with E-state index in [0.29, 0.717) is 23.0 Å². The first-order valence-electron chi connectivity index (χ1n) is 7.03. The summed E-state index contributed by atoms with van der Waals surface area (Å²) in [6.45, 7) is 9.74. The van der Waals surface area contributed by atoms with E-state index in [-0.39, 0.29) is 16.5 Å². The molecule has 1 aliphatic carbocycles. The molecule has 0 amide bonds. The van der Waals surface area contributed by atoms with Crippen molar-refractivity contribution in [3.05, 3.63) is 28.3 Å². The van der Waals surface area contributed by atoms with Crippen LogP contribution in [0.25, 0.3) is 11.1 Å². The highest BCUT2D eigenvalue weighted by molar-refractivity contribution is 5.83. The van der Waals surface area contributed by atoms with Crippen LogP contribution < -0.4 is 5.32 Å². The SMILES string of the molecule is CC1(C)C(CNc2nc3c([N+](=O)[O-])cccc3o2)C1(C)C. The van der Waals surface area contributed by atoms with Crippen molar-refractivity contribution >= 4 is 22.8 Å². The Morgan fingerprint density at radius 1 is 1.33 bits per heavy atom. The highest BCUT2D eigenvalue weighted by Gasteiger charge is 2.64. The van der Waals surface area contributed by atoms with Gasteiger partial charge in [-0.2, -0.15) is 4.98 Å². The molecule has 0 saturated heterocycles. The van der Waals surface area contributed by atoms with Gasteiger partial charge in [0.15, 0.2) is 11.1 Å². The van der Waals surface area contributed by atoms with E-state index in [0.717, 1.165) is 6.54 Å². The number of nitrogens with zero attached hydrogens (tertiary/aromatic N) is 2. The van der Waals surface area contributed by atoms with Crippen LogP contribution in [0.5, 0.6) is 0 Å². The Hall–Kier alpha value is -2.11. The third kappa shape index (κ3) is 1.97. The quantitative estimate of drug-likeness (QED) is 0.683. The number of non-ortho nitro benzene ring substituents is 1. The van der Waals surface area contributed by atoms with Crippen LogP contribution in [0.2, 0.25) is 0 Å². The summed E-state index contributed by atoms with van der Waals surface area (Å²) in [5.41, 5.74) is 1.24. The lowest BCUT2D eigenvalue weighted by Gasteiger charge is -2.04. The van der Waals surface area contributed by atoms with Gasteiger partial charge in [0.1, 0.15) is 0 Å². The number of nitrogens with one attached hydrogen (secondary N) is 1. The average molecular weight is 289 g/mol. The van der Waals surface area contributed by atoms with Crippen molar-refractivity contribution in [3.63, 3.8) is 0 Å². The summed E-state index contributed by atoms with van der Waals surface area (Å²) in [5, 5.41) is 14.1. The largest absolute Gasteiger partial charge is 0.423 e. The number of nitro groups is 1. The van der Waals surface area contributed by atoms with Crippen molar-refractivity contribution in [3.8, 4) is 0 Å². The molecule has 0 radical (unpaired) electrons. The highest BCUT2D eigenvalue weighted by Crippen LogP contribution is 2.68. The van der Waals surface area contributed by atoms with Crippen molar-refractivity contribution in [1.29, 1.82) is 0 Å². The van der Waals surface area contributed by atoms with Crippen LogP contribution in [-0.4, -0.2) is 16.5 Å². The molecule has 1 aromatic carbocycles. The molecule has 112 valence electrons. The van der Waals surface area contributed by atoms with Gasteiger partial charge in [0.2, 0.25) is 0 Å². The molecule has 0 spiro atoms. The first kappa shape index (κ1) is 13.9. The molecule has 1 saturated carbocycles. The van der Waals surface area contributed by atoms with Gasteiger partial charge in [-0.1, -0.05) is 33.8 Å². The maximum atomic E-state index is 11.0. The summed E-state index contributed by atoms with van der Waals surface area (Å²) >= 11 is 0. The van der Waals surface area contributed by atoms with E-state index in [2.05, 4.69) is 38.0 Å². The number of benzene rings is 1.